The molecule has 1 heterocycles. The topological polar surface area (TPSA) is 76.4 Å². The quantitative estimate of drug-likeness (QED) is 0.531. The lowest BCUT2D eigenvalue weighted by Gasteiger charge is -2.13. The predicted molar refractivity (Wildman–Crippen MR) is 104 cm³/mol. The molecule has 0 bridgehead atoms. The highest BCUT2D eigenvalue weighted by Crippen LogP contribution is 2.13. The van der Waals surface area contributed by atoms with Crippen LogP contribution in [0.5, 0.6) is 5.75 Å². The largest absolute Gasteiger partial charge is 0.493 e. The van der Waals surface area contributed by atoms with Crippen molar-refractivity contribution < 1.29 is 4.74 Å². The summed E-state index contributed by atoms with van der Waals surface area (Å²) in [5, 5.41) is 14.7. The second-order valence-electron chi connectivity index (χ2n) is 6.50. The van der Waals surface area contributed by atoms with E-state index in [0.717, 1.165) is 43.7 Å². The fraction of sp³-hybridized carbons (Fsp3) is 0.526. The summed E-state index contributed by atoms with van der Waals surface area (Å²) >= 11 is 0. The molecule has 0 radical (unpaired) electrons. The first-order valence-corrected chi connectivity index (χ1v) is 9.15. The zero-order valence-electron chi connectivity index (χ0n) is 16.2. The Morgan fingerprint density at radius 2 is 2.00 bits per heavy atom. The molecule has 1 aromatic carbocycles. The van der Waals surface area contributed by atoms with Gasteiger partial charge in [0.25, 0.3) is 0 Å². The van der Waals surface area contributed by atoms with Crippen molar-refractivity contribution in [1.29, 1.82) is 0 Å². The lowest BCUT2D eigenvalue weighted by Crippen LogP contribution is -2.38. The Hall–Kier alpha value is -2.57. The van der Waals surface area contributed by atoms with Crippen LogP contribution in [0.15, 0.2) is 35.6 Å². The first kappa shape index (κ1) is 19.8. The second-order valence-corrected chi connectivity index (χ2v) is 6.50. The minimum absolute atomic E-state index is 0.525. The van der Waals surface area contributed by atoms with E-state index in [1.54, 1.807) is 13.4 Å². The van der Waals surface area contributed by atoms with Crippen molar-refractivity contribution in [3.63, 3.8) is 0 Å². The predicted octanol–water partition coefficient (Wildman–Crippen LogP) is 2.24. The van der Waals surface area contributed by atoms with Crippen LogP contribution in [-0.2, 0) is 19.5 Å². The van der Waals surface area contributed by atoms with Crippen molar-refractivity contribution in [2.75, 3.05) is 20.2 Å². The molecule has 7 heteroatoms. The van der Waals surface area contributed by atoms with E-state index >= 15 is 0 Å². The van der Waals surface area contributed by atoms with Gasteiger partial charge in [0.05, 0.1) is 6.61 Å². The summed E-state index contributed by atoms with van der Waals surface area (Å²) < 4.78 is 7.76. The van der Waals surface area contributed by atoms with Crippen LogP contribution >= 0.6 is 0 Å². The molecule has 0 aliphatic rings. The van der Waals surface area contributed by atoms with Crippen LogP contribution in [-0.4, -0.2) is 40.9 Å². The van der Waals surface area contributed by atoms with Crippen molar-refractivity contribution in [3.8, 4) is 5.75 Å². The first-order chi connectivity index (χ1) is 12.6. The van der Waals surface area contributed by atoms with Gasteiger partial charge in [-0.05, 0) is 23.6 Å². The maximum absolute atomic E-state index is 5.71. The van der Waals surface area contributed by atoms with Crippen molar-refractivity contribution in [1.82, 2.24) is 25.4 Å². The number of aliphatic imine (C=N–C) groups is 1. The Labute approximate surface area is 155 Å². The van der Waals surface area contributed by atoms with Crippen LogP contribution in [0.1, 0.15) is 32.2 Å². The zero-order chi connectivity index (χ0) is 18.8. The molecule has 0 saturated heterocycles. The number of nitrogens with one attached hydrogen (secondary N) is 2. The molecule has 0 aliphatic carbocycles. The van der Waals surface area contributed by atoms with E-state index in [4.69, 9.17) is 4.74 Å². The summed E-state index contributed by atoms with van der Waals surface area (Å²) in [6, 6.07) is 8.16. The summed E-state index contributed by atoms with van der Waals surface area (Å²) in [5.41, 5.74) is 1.18. The standard InChI is InChI=1S/C19H30N6O/c1-5-18-24-23-14-25(18)11-10-21-19(20-4)22-12-16-6-8-17(9-7-16)26-13-15(2)3/h6-9,14-15H,5,10-13H2,1-4H3,(H2,20,21,22). The molecule has 0 aliphatic heterocycles. The molecule has 0 saturated carbocycles. The van der Waals surface area contributed by atoms with Crippen LogP contribution in [0.4, 0.5) is 0 Å². The van der Waals surface area contributed by atoms with E-state index in [1.807, 2.05) is 12.1 Å². The summed E-state index contributed by atoms with van der Waals surface area (Å²) in [5.74, 6) is 3.20. The molecule has 0 atom stereocenters. The van der Waals surface area contributed by atoms with Gasteiger partial charge in [0.15, 0.2) is 5.96 Å². The molecule has 0 spiro atoms. The van der Waals surface area contributed by atoms with Gasteiger partial charge < -0.3 is 19.9 Å². The third kappa shape index (κ3) is 6.38. The minimum atomic E-state index is 0.525. The SMILES string of the molecule is CCc1nncn1CCNC(=NC)NCc1ccc(OCC(C)C)cc1. The smallest absolute Gasteiger partial charge is 0.191 e. The lowest BCUT2D eigenvalue weighted by molar-refractivity contribution is 0.271. The summed E-state index contributed by atoms with van der Waals surface area (Å²) in [7, 11) is 1.77. The number of hydrogen-bond donors (Lipinski definition) is 2. The van der Waals surface area contributed by atoms with Crippen molar-refractivity contribution >= 4 is 5.96 Å². The molecule has 2 rings (SSSR count). The number of guanidine groups is 1. The third-order valence-corrected chi connectivity index (χ3v) is 3.85. The van der Waals surface area contributed by atoms with E-state index in [-0.39, 0.29) is 0 Å². The zero-order valence-corrected chi connectivity index (χ0v) is 16.2. The van der Waals surface area contributed by atoms with Crippen LogP contribution in [0.2, 0.25) is 0 Å². The fourth-order valence-electron chi connectivity index (χ4n) is 2.41. The van der Waals surface area contributed by atoms with Crippen LogP contribution in [0.25, 0.3) is 0 Å². The van der Waals surface area contributed by atoms with Crippen molar-refractivity contribution in [3.05, 3.63) is 42.0 Å². The molecule has 142 valence electrons. The first-order valence-electron chi connectivity index (χ1n) is 9.15. The lowest BCUT2D eigenvalue weighted by atomic mass is 10.2. The third-order valence-electron chi connectivity index (χ3n) is 3.85. The van der Waals surface area contributed by atoms with E-state index in [9.17, 15) is 0 Å². The van der Waals surface area contributed by atoms with E-state index in [0.29, 0.717) is 12.5 Å². The highest BCUT2D eigenvalue weighted by molar-refractivity contribution is 5.79. The molecule has 2 N–H and O–H groups in total. The molecule has 26 heavy (non-hydrogen) atoms. The van der Waals surface area contributed by atoms with Gasteiger partial charge in [-0.1, -0.05) is 32.9 Å². The maximum Gasteiger partial charge on any atom is 0.191 e. The Morgan fingerprint density at radius 3 is 2.65 bits per heavy atom. The van der Waals surface area contributed by atoms with Crippen LogP contribution < -0.4 is 15.4 Å². The van der Waals surface area contributed by atoms with Gasteiger partial charge in [-0.15, -0.1) is 10.2 Å². The average molecular weight is 358 g/mol. The molecule has 7 nitrogen and oxygen atoms in total. The van der Waals surface area contributed by atoms with Gasteiger partial charge in [-0.25, -0.2) is 0 Å². The van der Waals surface area contributed by atoms with Gasteiger partial charge >= 0.3 is 0 Å². The fourth-order valence-corrected chi connectivity index (χ4v) is 2.41. The van der Waals surface area contributed by atoms with E-state index in [2.05, 4.69) is 63.3 Å². The summed E-state index contributed by atoms with van der Waals surface area (Å²) in [4.78, 5) is 4.26. The molecule has 0 fully saturated rings. The number of nitrogens with zero attached hydrogens (tertiary/aromatic N) is 4. The Morgan fingerprint density at radius 1 is 1.23 bits per heavy atom. The summed E-state index contributed by atoms with van der Waals surface area (Å²) in [6.45, 7) is 9.36. The number of ether oxygens (including phenoxy) is 1. The average Bonchev–Trinajstić information content (AvgIpc) is 3.11. The van der Waals surface area contributed by atoms with Crippen LogP contribution in [0.3, 0.4) is 0 Å². The van der Waals surface area contributed by atoms with Gasteiger partial charge in [-0.3, -0.25) is 4.99 Å². The number of benzene rings is 1. The molecule has 0 unspecified atom stereocenters. The number of rotatable bonds is 9. The highest BCUT2D eigenvalue weighted by atomic mass is 16.5. The Kier molecular flexibility index (Phi) is 7.92. The van der Waals surface area contributed by atoms with Gasteiger partial charge in [0.2, 0.25) is 0 Å². The molecule has 2 aromatic rings. The molecule has 0 amide bonds. The second kappa shape index (κ2) is 10.4. The normalized spacial score (nSPS) is 11.7. The van der Waals surface area contributed by atoms with Gasteiger partial charge in [0, 0.05) is 33.1 Å². The number of aromatic nitrogens is 3. The minimum Gasteiger partial charge on any atom is -0.493 e. The van der Waals surface area contributed by atoms with Gasteiger partial charge in [0.1, 0.15) is 17.9 Å². The summed E-state index contributed by atoms with van der Waals surface area (Å²) in [6.07, 6.45) is 2.64. The van der Waals surface area contributed by atoms with Crippen molar-refractivity contribution in [2.45, 2.75) is 40.3 Å². The Balaban J connectivity index is 1.74. The van der Waals surface area contributed by atoms with E-state index < -0.39 is 0 Å². The Bertz CT molecular complexity index is 678. The monoisotopic (exact) mass is 358 g/mol. The molecular weight excluding hydrogens is 328 g/mol. The highest BCUT2D eigenvalue weighted by Gasteiger charge is 2.03. The molecular formula is C19H30N6O. The number of hydrogen-bond acceptors (Lipinski definition) is 4. The molecule has 1 aromatic heterocycles. The maximum atomic E-state index is 5.71. The number of aryl methyl sites for hydroxylation is 1. The van der Waals surface area contributed by atoms with Crippen LogP contribution in [0, 0.1) is 5.92 Å². The van der Waals surface area contributed by atoms with Crippen molar-refractivity contribution in [2.24, 2.45) is 10.9 Å². The van der Waals surface area contributed by atoms with Gasteiger partial charge in [-0.2, -0.15) is 0 Å². The van der Waals surface area contributed by atoms with E-state index in [1.165, 1.54) is 5.56 Å².